The lowest BCUT2D eigenvalue weighted by atomic mass is 9.87. The molecule has 6 nitrogen and oxygen atoms in total. The number of nitriles is 1. The summed E-state index contributed by atoms with van der Waals surface area (Å²) in [5.41, 5.74) is 2.59. The molecular weight excluding hydrogens is 304 g/mol. The second kappa shape index (κ2) is 5.39. The van der Waals surface area contributed by atoms with Gasteiger partial charge in [0.15, 0.2) is 0 Å². The zero-order chi connectivity index (χ0) is 16.7. The van der Waals surface area contributed by atoms with Crippen LogP contribution < -0.4 is 10.9 Å². The molecule has 0 saturated carbocycles. The molecule has 2 aliphatic rings. The summed E-state index contributed by atoms with van der Waals surface area (Å²) >= 11 is 0. The third-order valence-electron chi connectivity index (χ3n) is 4.39. The number of pyridine rings is 2. The molecule has 118 valence electrons. The number of H-pyrrole nitrogens is 1. The third kappa shape index (κ3) is 2.02. The first kappa shape index (κ1) is 14.3. The summed E-state index contributed by atoms with van der Waals surface area (Å²) in [6.45, 7) is 0. The predicted octanol–water partition coefficient (Wildman–Crippen LogP) is 2.29. The molecule has 2 unspecified atom stereocenters. The number of aromatic amines is 1. The van der Waals surface area contributed by atoms with Crippen molar-refractivity contribution < 1.29 is 4.74 Å². The Hall–Kier alpha value is -3.33. The van der Waals surface area contributed by atoms with Gasteiger partial charge in [0.25, 0.3) is 5.56 Å². The van der Waals surface area contributed by atoms with Gasteiger partial charge in [-0.15, -0.1) is 0 Å². The zero-order valence-corrected chi connectivity index (χ0v) is 12.9. The van der Waals surface area contributed by atoms with Gasteiger partial charge in [0.05, 0.1) is 24.4 Å². The van der Waals surface area contributed by atoms with Gasteiger partial charge < -0.3 is 15.0 Å². The molecule has 24 heavy (non-hydrogen) atoms. The molecule has 3 heterocycles. The molecule has 0 radical (unpaired) electrons. The first-order valence-electron chi connectivity index (χ1n) is 7.54. The fraction of sp³-hybridized carbons (Fsp3) is 0.167. The molecule has 0 fully saturated rings. The maximum Gasteiger partial charge on any atom is 0.272 e. The topological polar surface area (TPSA) is 90.8 Å². The van der Waals surface area contributed by atoms with E-state index in [0.29, 0.717) is 28.1 Å². The van der Waals surface area contributed by atoms with E-state index < -0.39 is 0 Å². The Morgan fingerprint density at radius 1 is 1.42 bits per heavy atom. The number of anilines is 1. The molecule has 2 atom stereocenters. The minimum Gasteiger partial charge on any atom is -0.497 e. The minimum absolute atomic E-state index is 0.0590. The summed E-state index contributed by atoms with van der Waals surface area (Å²) < 4.78 is 5.30. The van der Waals surface area contributed by atoms with Crippen LogP contribution in [0, 0.1) is 11.3 Å². The number of methoxy groups -OCH3 is 1. The largest absolute Gasteiger partial charge is 0.497 e. The third-order valence-corrected chi connectivity index (χ3v) is 4.39. The summed E-state index contributed by atoms with van der Waals surface area (Å²) in [4.78, 5) is 19.4. The Balaban J connectivity index is 1.97. The van der Waals surface area contributed by atoms with E-state index in [-0.39, 0.29) is 17.5 Å². The summed E-state index contributed by atoms with van der Waals surface area (Å²) in [6.07, 6.45) is 9.04. The Kier molecular flexibility index (Phi) is 3.21. The van der Waals surface area contributed by atoms with Crippen molar-refractivity contribution in [3.63, 3.8) is 0 Å². The van der Waals surface area contributed by atoms with E-state index in [1.54, 1.807) is 25.6 Å². The Bertz CT molecular complexity index is 967. The second-order valence-electron chi connectivity index (χ2n) is 5.67. The van der Waals surface area contributed by atoms with Crippen molar-refractivity contribution in [2.75, 3.05) is 12.4 Å². The van der Waals surface area contributed by atoms with Gasteiger partial charge in [0.1, 0.15) is 17.5 Å². The van der Waals surface area contributed by atoms with Gasteiger partial charge in [0, 0.05) is 29.4 Å². The van der Waals surface area contributed by atoms with E-state index >= 15 is 0 Å². The minimum atomic E-state index is -0.238. The lowest BCUT2D eigenvalue weighted by molar-refractivity contribution is 0.302. The number of rotatable bonds is 2. The highest BCUT2D eigenvalue weighted by Gasteiger charge is 2.36. The summed E-state index contributed by atoms with van der Waals surface area (Å²) in [5.74, 6) is 0.602. The van der Waals surface area contributed by atoms with Gasteiger partial charge in [-0.05, 0) is 24.3 Å². The molecule has 1 aliphatic heterocycles. The number of hydrogen-bond acceptors (Lipinski definition) is 5. The van der Waals surface area contributed by atoms with Crippen LogP contribution in [-0.4, -0.2) is 23.1 Å². The summed E-state index contributed by atoms with van der Waals surface area (Å²) in [6, 6.07) is 5.79. The molecule has 2 aromatic heterocycles. The average Bonchev–Trinajstić information content (AvgIpc) is 3.01. The molecule has 0 spiro atoms. The van der Waals surface area contributed by atoms with Crippen molar-refractivity contribution in [1.82, 2.24) is 9.97 Å². The maximum absolute atomic E-state index is 12.5. The molecule has 2 aromatic rings. The number of aromatic nitrogens is 2. The number of nitrogens with one attached hydrogen (secondary N) is 2. The molecule has 2 N–H and O–H groups in total. The lowest BCUT2D eigenvalue weighted by Gasteiger charge is -2.19. The second-order valence-corrected chi connectivity index (χ2v) is 5.67. The van der Waals surface area contributed by atoms with Gasteiger partial charge in [-0.25, -0.2) is 0 Å². The Morgan fingerprint density at radius 3 is 3.00 bits per heavy atom. The average molecular weight is 318 g/mol. The Morgan fingerprint density at radius 2 is 2.29 bits per heavy atom. The van der Waals surface area contributed by atoms with Crippen molar-refractivity contribution in [3.8, 4) is 17.3 Å². The highest BCUT2D eigenvalue weighted by Crippen LogP contribution is 2.42. The Labute approximate surface area is 138 Å². The molecule has 0 aromatic carbocycles. The van der Waals surface area contributed by atoms with Gasteiger partial charge >= 0.3 is 0 Å². The van der Waals surface area contributed by atoms with Crippen molar-refractivity contribution in [1.29, 1.82) is 5.26 Å². The lowest BCUT2D eigenvalue weighted by Crippen LogP contribution is -2.20. The smallest absolute Gasteiger partial charge is 0.272 e. The first-order valence-corrected chi connectivity index (χ1v) is 7.54. The van der Waals surface area contributed by atoms with Crippen molar-refractivity contribution in [2.45, 2.75) is 12.0 Å². The SMILES string of the molecule is COC1=CC2c3c(C#N)c(-c4cccnc4)[nH]c(=O)c3NC2C=C1. The van der Waals surface area contributed by atoms with Crippen LogP contribution in [0.1, 0.15) is 17.0 Å². The molecule has 4 rings (SSSR count). The van der Waals surface area contributed by atoms with E-state index in [9.17, 15) is 10.1 Å². The zero-order valence-electron chi connectivity index (χ0n) is 12.9. The molecular formula is C18H14N4O2. The fourth-order valence-electron chi connectivity index (χ4n) is 3.30. The molecule has 0 bridgehead atoms. The van der Waals surface area contributed by atoms with Gasteiger partial charge in [0.2, 0.25) is 0 Å². The van der Waals surface area contributed by atoms with E-state index in [1.807, 2.05) is 24.3 Å². The molecule has 0 saturated heterocycles. The molecule has 6 heteroatoms. The summed E-state index contributed by atoms with van der Waals surface area (Å²) in [5, 5.41) is 13.0. The van der Waals surface area contributed by atoms with E-state index in [0.717, 1.165) is 5.76 Å². The quantitative estimate of drug-likeness (QED) is 0.886. The van der Waals surface area contributed by atoms with Crippen molar-refractivity contribution in [3.05, 3.63) is 70.0 Å². The number of nitrogens with zero attached hydrogens (tertiary/aromatic N) is 2. The van der Waals surface area contributed by atoms with E-state index in [2.05, 4.69) is 21.4 Å². The first-order chi connectivity index (χ1) is 11.7. The van der Waals surface area contributed by atoms with Crippen molar-refractivity contribution in [2.24, 2.45) is 0 Å². The van der Waals surface area contributed by atoms with E-state index in [1.165, 1.54) is 0 Å². The van der Waals surface area contributed by atoms with Crippen LogP contribution in [-0.2, 0) is 4.74 Å². The van der Waals surface area contributed by atoms with Crippen molar-refractivity contribution >= 4 is 5.69 Å². The molecule has 0 amide bonds. The maximum atomic E-state index is 12.5. The standard InChI is InChI=1S/C18H14N4O2/c1-24-11-4-5-14-12(7-11)15-13(8-19)16(10-3-2-6-20-9-10)22-18(23)17(15)21-14/h2-7,9,12,14,21H,1H3,(H,22,23). The van der Waals surface area contributed by atoms with E-state index in [4.69, 9.17) is 4.74 Å². The van der Waals surface area contributed by atoms with Crippen LogP contribution in [0.3, 0.4) is 0 Å². The van der Waals surface area contributed by atoms with Crippen LogP contribution in [0.25, 0.3) is 11.3 Å². The number of hydrogen-bond donors (Lipinski definition) is 2. The predicted molar refractivity (Wildman–Crippen MR) is 89.4 cm³/mol. The fourth-order valence-corrected chi connectivity index (χ4v) is 3.30. The highest BCUT2D eigenvalue weighted by atomic mass is 16.5. The van der Waals surface area contributed by atoms with Gasteiger partial charge in [-0.3, -0.25) is 9.78 Å². The van der Waals surface area contributed by atoms with Crippen LogP contribution >= 0.6 is 0 Å². The number of allylic oxidation sites excluding steroid dienone is 1. The molecule has 1 aliphatic carbocycles. The van der Waals surface area contributed by atoms with Crippen LogP contribution in [0.4, 0.5) is 5.69 Å². The van der Waals surface area contributed by atoms with Crippen LogP contribution in [0.5, 0.6) is 0 Å². The van der Waals surface area contributed by atoms with Crippen LogP contribution in [0.2, 0.25) is 0 Å². The number of ether oxygens (including phenoxy) is 1. The normalized spacial score (nSPS) is 20.4. The van der Waals surface area contributed by atoms with Gasteiger partial charge in [-0.1, -0.05) is 6.08 Å². The van der Waals surface area contributed by atoms with Crippen LogP contribution in [0.15, 0.2) is 53.3 Å². The summed E-state index contributed by atoms with van der Waals surface area (Å²) in [7, 11) is 1.60. The highest BCUT2D eigenvalue weighted by molar-refractivity contribution is 5.76. The monoisotopic (exact) mass is 318 g/mol. The van der Waals surface area contributed by atoms with Gasteiger partial charge in [-0.2, -0.15) is 5.26 Å². The number of fused-ring (bicyclic) bond motifs is 3.